The predicted octanol–water partition coefficient (Wildman–Crippen LogP) is 10.7. The molecule has 1 aromatic carbocycles. The third kappa shape index (κ3) is 5.14. The molecule has 0 amide bonds. The highest BCUT2D eigenvalue weighted by molar-refractivity contribution is 5.25. The smallest absolute Gasteiger partial charge is 0.00851 e. The van der Waals surface area contributed by atoms with Crippen LogP contribution in [-0.2, 0) is 6.42 Å². The van der Waals surface area contributed by atoms with Crippen LogP contribution >= 0.6 is 0 Å². The SMILES string of the molecule is CC(C)CCC[C@@H](C)[C@H]1CC[C@H]2[C@@H]3CC=C4CC(CCCc5ccccc5)CC[C@]4(C)[C@H]3CC[C@]12C. The van der Waals surface area contributed by atoms with Crippen molar-refractivity contribution in [3.05, 3.63) is 47.5 Å². The summed E-state index contributed by atoms with van der Waals surface area (Å²) in [6.07, 6.45) is 23.0. The number of fused-ring (bicyclic) bond motifs is 5. The van der Waals surface area contributed by atoms with Crippen LogP contribution in [0.1, 0.15) is 124 Å². The van der Waals surface area contributed by atoms with E-state index in [1.54, 1.807) is 0 Å². The van der Waals surface area contributed by atoms with E-state index >= 15 is 0 Å². The van der Waals surface area contributed by atoms with Gasteiger partial charge in [0, 0.05) is 0 Å². The first-order chi connectivity index (χ1) is 17.3. The van der Waals surface area contributed by atoms with Crippen molar-refractivity contribution >= 4 is 0 Å². The van der Waals surface area contributed by atoms with Crippen LogP contribution in [0.4, 0.5) is 0 Å². The first-order valence-electron chi connectivity index (χ1n) is 16.0. The summed E-state index contributed by atoms with van der Waals surface area (Å²) in [4.78, 5) is 0. The van der Waals surface area contributed by atoms with Gasteiger partial charge >= 0.3 is 0 Å². The van der Waals surface area contributed by atoms with Gasteiger partial charge in [-0.25, -0.2) is 0 Å². The van der Waals surface area contributed by atoms with Crippen LogP contribution in [0.25, 0.3) is 0 Å². The molecule has 0 spiro atoms. The highest BCUT2D eigenvalue weighted by Crippen LogP contribution is 2.67. The molecule has 36 heavy (non-hydrogen) atoms. The van der Waals surface area contributed by atoms with Crippen molar-refractivity contribution in [2.24, 2.45) is 52.3 Å². The maximum absolute atomic E-state index is 2.80. The molecular formula is C36H56. The Bertz CT molecular complexity index is 879. The van der Waals surface area contributed by atoms with E-state index in [1.165, 1.54) is 95.5 Å². The first kappa shape index (κ1) is 26.6. The number of aryl methyl sites for hydroxylation is 1. The minimum absolute atomic E-state index is 0.515. The van der Waals surface area contributed by atoms with Crippen LogP contribution in [0, 0.1) is 52.3 Å². The Morgan fingerprint density at radius 1 is 0.861 bits per heavy atom. The van der Waals surface area contributed by atoms with Crippen LogP contribution in [0.2, 0.25) is 0 Å². The van der Waals surface area contributed by atoms with E-state index in [1.807, 2.05) is 5.57 Å². The number of hydrogen-bond acceptors (Lipinski definition) is 0. The van der Waals surface area contributed by atoms with Crippen molar-refractivity contribution in [2.75, 3.05) is 0 Å². The van der Waals surface area contributed by atoms with Crippen molar-refractivity contribution in [3.63, 3.8) is 0 Å². The summed E-state index contributed by atoms with van der Waals surface area (Å²) < 4.78 is 0. The van der Waals surface area contributed by atoms with Gasteiger partial charge in [0.15, 0.2) is 0 Å². The molecule has 4 aliphatic rings. The average molecular weight is 489 g/mol. The van der Waals surface area contributed by atoms with Crippen LogP contribution in [0.5, 0.6) is 0 Å². The number of benzene rings is 1. The van der Waals surface area contributed by atoms with Gasteiger partial charge in [0.25, 0.3) is 0 Å². The second-order valence-corrected chi connectivity index (χ2v) is 14.8. The Kier molecular flexibility index (Phi) is 8.10. The molecule has 5 rings (SSSR count). The molecule has 0 heterocycles. The van der Waals surface area contributed by atoms with E-state index < -0.39 is 0 Å². The molecule has 3 fully saturated rings. The van der Waals surface area contributed by atoms with Gasteiger partial charge in [-0.15, -0.1) is 0 Å². The Balaban J connectivity index is 1.20. The lowest BCUT2D eigenvalue weighted by Crippen LogP contribution is -2.50. The highest BCUT2D eigenvalue weighted by atomic mass is 14.6. The number of rotatable bonds is 9. The zero-order valence-electron chi connectivity index (χ0n) is 24.4. The van der Waals surface area contributed by atoms with Crippen LogP contribution in [0.3, 0.4) is 0 Å². The summed E-state index contributed by atoms with van der Waals surface area (Å²) in [5.74, 6) is 6.63. The minimum Gasteiger partial charge on any atom is -0.0845 e. The second-order valence-electron chi connectivity index (χ2n) is 14.8. The molecule has 4 aliphatic carbocycles. The molecule has 8 atom stereocenters. The normalized spacial score (nSPS) is 38.7. The molecule has 0 radical (unpaired) electrons. The van der Waals surface area contributed by atoms with Gasteiger partial charge in [0.05, 0.1) is 0 Å². The summed E-state index contributed by atoms with van der Waals surface area (Å²) in [5.41, 5.74) is 4.54. The van der Waals surface area contributed by atoms with Crippen LogP contribution in [-0.4, -0.2) is 0 Å². The quantitative estimate of drug-likeness (QED) is 0.303. The van der Waals surface area contributed by atoms with E-state index in [4.69, 9.17) is 0 Å². The van der Waals surface area contributed by atoms with Gasteiger partial charge in [-0.2, -0.15) is 0 Å². The molecule has 0 nitrogen and oxygen atoms in total. The van der Waals surface area contributed by atoms with Gasteiger partial charge in [-0.1, -0.05) is 95.9 Å². The fraction of sp³-hybridized carbons (Fsp3) is 0.778. The Morgan fingerprint density at radius 3 is 2.44 bits per heavy atom. The average Bonchev–Trinajstić information content (AvgIpc) is 3.22. The molecule has 0 N–H and O–H groups in total. The lowest BCUT2D eigenvalue weighted by Gasteiger charge is -2.58. The highest BCUT2D eigenvalue weighted by Gasteiger charge is 2.59. The van der Waals surface area contributed by atoms with Crippen LogP contribution < -0.4 is 0 Å². The first-order valence-corrected chi connectivity index (χ1v) is 16.0. The molecule has 1 unspecified atom stereocenters. The fourth-order valence-corrected chi connectivity index (χ4v) is 10.2. The molecule has 0 aliphatic heterocycles. The molecule has 0 bridgehead atoms. The lowest BCUT2D eigenvalue weighted by atomic mass is 9.46. The number of allylic oxidation sites excluding steroid dienone is 2. The molecule has 0 aromatic heterocycles. The molecule has 200 valence electrons. The van der Waals surface area contributed by atoms with E-state index in [0.29, 0.717) is 10.8 Å². The van der Waals surface area contributed by atoms with E-state index in [2.05, 4.69) is 71.0 Å². The predicted molar refractivity (Wildman–Crippen MR) is 156 cm³/mol. The Labute approximate surface area is 224 Å². The van der Waals surface area contributed by atoms with Gasteiger partial charge in [-0.3, -0.25) is 0 Å². The van der Waals surface area contributed by atoms with Crippen molar-refractivity contribution < 1.29 is 0 Å². The second kappa shape index (κ2) is 11.0. The third-order valence-electron chi connectivity index (χ3n) is 12.3. The molecule has 0 saturated heterocycles. The van der Waals surface area contributed by atoms with Crippen molar-refractivity contribution in [1.29, 1.82) is 0 Å². The lowest BCUT2D eigenvalue weighted by molar-refractivity contribution is -0.0529. The summed E-state index contributed by atoms with van der Waals surface area (Å²) in [7, 11) is 0. The molecule has 1 aromatic rings. The monoisotopic (exact) mass is 488 g/mol. The fourth-order valence-electron chi connectivity index (χ4n) is 10.2. The molecular weight excluding hydrogens is 432 g/mol. The third-order valence-corrected chi connectivity index (χ3v) is 12.3. The van der Waals surface area contributed by atoms with Gasteiger partial charge in [0.2, 0.25) is 0 Å². The van der Waals surface area contributed by atoms with Crippen molar-refractivity contribution in [3.8, 4) is 0 Å². The summed E-state index contributed by atoms with van der Waals surface area (Å²) in [6.45, 7) is 12.9. The standard InChI is InChI=1S/C36H56/c1-26(2)11-9-12-27(3)32-19-20-33-31-18-17-30-25-29(16-10-15-28-13-7-6-8-14-28)21-23-35(30,4)34(31)22-24-36(32,33)5/h6-8,13-14,17,26-27,29,31-34H,9-12,15-16,18-25H2,1-5H3/t27-,29?,31+,32-,33+,34+,35+,36-/m1/s1. The van der Waals surface area contributed by atoms with E-state index in [0.717, 1.165) is 41.4 Å². The van der Waals surface area contributed by atoms with Crippen LogP contribution in [0.15, 0.2) is 42.0 Å². The Hall–Kier alpha value is -1.04. The van der Waals surface area contributed by atoms with Crippen molar-refractivity contribution in [2.45, 2.75) is 125 Å². The van der Waals surface area contributed by atoms with E-state index in [9.17, 15) is 0 Å². The molecule has 0 heteroatoms. The summed E-state index contributed by atoms with van der Waals surface area (Å²) in [6, 6.07) is 11.1. The van der Waals surface area contributed by atoms with Gasteiger partial charge in [-0.05, 0) is 128 Å². The van der Waals surface area contributed by atoms with Gasteiger partial charge < -0.3 is 0 Å². The van der Waals surface area contributed by atoms with Gasteiger partial charge in [0.1, 0.15) is 0 Å². The van der Waals surface area contributed by atoms with Crippen molar-refractivity contribution in [1.82, 2.24) is 0 Å². The zero-order chi connectivity index (χ0) is 25.3. The topological polar surface area (TPSA) is 0 Å². The summed E-state index contributed by atoms with van der Waals surface area (Å²) >= 11 is 0. The largest absolute Gasteiger partial charge is 0.0845 e. The summed E-state index contributed by atoms with van der Waals surface area (Å²) in [5, 5.41) is 0. The number of hydrogen-bond donors (Lipinski definition) is 0. The minimum atomic E-state index is 0.515. The zero-order valence-corrected chi connectivity index (χ0v) is 24.4. The van der Waals surface area contributed by atoms with E-state index in [-0.39, 0.29) is 0 Å². The maximum atomic E-state index is 2.80. The Morgan fingerprint density at radius 2 is 1.67 bits per heavy atom. The molecule has 3 saturated carbocycles. The maximum Gasteiger partial charge on any atom is -0.00851 e.